The lowest BCUT2D eigenvalue weighted by Gasteiger charge is -2.21. The largest absolute Gasteiger partial charge is 0.472 e. The number of phosphoric ester groups is 2. The van der Waals surface area contributed by atoms with Gasteiger partial charge >= 0.3 is 39.5 Å². The summed E-state index contributed by atoms with van der Waals surface area (Å²) in [6.45, 7) is 4.49. The van der Waals surface area contributed by atoms with Crippen LogP contribution in [-0.2, 0) is 65.4 Å². The summed E-state index contributed by atoms with van der Waals surface area (Å²) in [5, 5.41) is 10.6. The van der Waals surface area contributed by atoms with Crippen molar-refractivity contribution in [1.29, 1.82) is 0 Å². The quantitative estimate of drug-likeness (QED) is 0.0169. The van der Waals surface area contributed by atoms with Crippen LogP contribution in [0.15, 0.2) is 109 Å². The van der Waals surface area contributed by atoms with Gasteiger partial charge in [-0.2, -0.15) is 0 Å². The summed E-state index contributed by atoms with van der Waals surface area (Å²) < 4.78 is 68.2. The Hall–Kier alpha value is -4.28. The number of allylic oxidation sites excluding steroid dienone is 18. The van der Waals surface area contributed by atoms with Crippen molar-refractivity contribution in [2.24, 2.45) is 0 Å². The minimum atomic E-state index is -4.99. The molecular formula is C75H128O17P2. The van der Waals surface area contributed by atoms with Crippen LogP contribution >= 0.6 is 15.6 Å². The first kappa shape index (κ1) is 89.7. The molecule has 17 nitrogen and oxygen atoms in total. The average Bonchev–Trinajstić information content (AvgIpc) is 1.36. The van der Waals surface area contributed by atoms with Crippen molar-refractivity contribution in [3.05, 3.63) is 109 Å². The van der Waals surface area contributed by atoms with Crippen LogP contribution in [0.5, 0.6) is 0 Å². The Morgan fingerprint density at radius 3 is 0.915 bits per heavy atom. The number of rotatable bonds is 67. The number of hydrogen-bond donors (Lipinski definition) is 3. The Morgan fingerprint density at radius 1 is 0.309 bits per heavy atom. The molecule has 0 aliphatic rings. The fraction of sp³-hybridized carbons (Fsp3) is 0.707. The number of esters is 4. The van der Waals surface area contributed by atoms with Crippen LogP contribution in [0.25, 0.3) is 0 Å². The highest BCUT2D eigenvalue weighted by Crippen LogP contribution is 2.45. The normalized spacial score (nSPS) is 14.7. The Labute approximate surface area is 569 Å². The van der Waals surface area contributed by atoms with Crippen molar-refractivity contribution < 1.29 is 80.2 Å². The summed E-state index contributed by atoms with van der Waals surface area (Å²) in [7, 11) is -9.96. The predicted molar refractivity (Wildman–Crippen MR) is 381 cm³/mol. The van der Waals surface area contributed by atoms with Gasteiger partial charge in [0.15, 0.2) is 12.2 Å². The molecule has 0 aromatic rings. The monoisotopic (exact) mass is 1360 g/mol. The molecule has 0 amide bonds. The lowest BCUT2D eigenvalue weighted by atomic mass is 10.1. The smallest absolute Gasteiger partial charge is 0.462 e. The SMILES string of the molecule is CC/C=C\C/C=C\C/C=C\C/C=C\CCCCC(=O)OCC(COP(=O)(O)OCC(O)COP(=O)(O)OCC(COC(=O)CCCCCCC/C=C\CCCCCC)OC(=O)CCCCCCC/C=C\CCCC)OC(=O)CCCCCCC/C=C\C/C=C\C/C=C\CC. The van der Waals surface area contributed by atoms with Crippen LogP contribution in [0.1, 0.15) is 285 Å². The van der Waals surface area contributed by atoms with E-state index in [9.17, 15) is 43.2 Å². The topological polar surface area (TPSA) is 237 Å². The fourth-order valence-electron chi connectivity index (χ4n) is 9.20. The van der Waals surface area contributed by atoms with Gasteiger partial charge in [0.05, 0.1) is 26.4 Å². The number of aliphatic hydroxyl groups excluding tert-OH is 1. The first-order valence-corrected chi connectivity index (χ1v) is 39.1. The minimum absolute atomic E-state index is 0.0643. The number of hydrogen-bond acceptors (Lipinski definition) is 15. The molecule has 94 heavy (non-hydrogen) atoms. The first-order valence-electron chi connectivity index (χ1n) is 36.1. The molecule has 0 rings (SSSR count). The van der Waals surface area contributed by atoms with E-state index in [1.807, 2.05) is 0 Å². The van der Waals surface area contributed by atoms with Crippen molar-refractivity contribution in [1.82, 2.24) is 0 Å². The molecule has 540 valence electrons. The molecule has 5 atom stereocenters. The molecule has 0 radical (unpaired) electrons. The summed E-state index contributed by atoms with van der Waals surface area (Å²) in [6, 6.07) is 0. The number of ether oxygens (including phenoxy) is 4. The van der Waals surface area contributed by atoms with E-state index in [4.69, 9.17) is 37.0 Å². The molecule has 0 fully saturated rings. The van der Waals surface area contributed by atoms with E-state index in [2.05, 4.69) is 137 Å². The second kappa shape index (κ2) is 67.3. The number of aliphatic hydroxyl groups is 1. The van der Waals surface area contributed by atoms with Crippen molar-refractivity contribution in [3.63, 3.8) is 0 Å². The van der Waals surface area contributed by atoms with Crippen LogP contribution in [-0.4, -0.2) is 96.7 Å². The number of carbonyl (C=O) groups is 4. The summed E-state index contributed by atoms with van der Waals surface area (Å²) in [5.74, 6) is -2.26. The van der Waals surface area contributed by atoms with Crippen LogP contribution in [0.2, 0.25) is 0 Å². The zero-order valence-corrected chi connectivity index (χ0v) is 60.4. The van der Waals surface area contributed by atoms with Crippen LogP contribution < -0.4 is 0 Å². The number of carbonyl (C=O) groups excluding carboxylic acids is 4. The third kappa shape index (κ3) is 66.3. The summed E-state index contributed by atoms with van der Waals surface area (Å²) in [6.07, 6.45) is 69.6. The summed E-state index contributed by atoms with van der Waals surface area (Å²) in [5.41, 5.74) is 0. The maximum atomic E-state index is 13.0. The molecule has 0 aliphatic heterocycles. The zero-order valence-electron chi connectivity index (χ0n) is 58.6. The van der Waals surface area contributed by atoms with E-state index in [0.717, 1.165) is 167 Å². The highest BCUT2D eigenvalue weighted by molar-refractivity contribution is 7.47. The van der Waals surface area contributed by atoms with E-state index < -0.39 is 97.5 Å². The summed E-state index contributed by atoms with van der Waals surface area (Å²) in [4.78, 5) is 72.6. The van der Waals surface area contributed by atoms with Crippen molar-refractivity contribution in [2.75, 3.05) is 39.6 Å². The van der Waals surface area contributed by atoms with Crippen molar-refractivity contribution in [3.8, 4) is 0 Å². The molecule has 0 saturated heterocycles. The van der Waals surface area contributed by atoms with Gasteiger partial charge in [-0.1, -0.05) is 227 Å². The molecule has 19 heteroatoms. The predicted octanol–water partition coefficient (Wildman–Crippen LogP) is 20.2. The standard InChI is InChI=1S/C75H128O17P2/c1-5-9-13-17-21-25-29-32-34-37-41-44-48-52-56-60-73(78)86-66-71(92-75(80)62-58-54-50-46-42-38-35-33-30-26-22-18-14-10-6-2)68-90-94(83,84)88-64-69(76)63-87-93(81,82)89-67-70(91-74(79)61-57-53-49-45-39-28-24-20-16-12-8-4)65-85-72(77)59-55-51-47-43-40-36-31-27-23-19-15-11-7-3/h9-10,13-14,20-22,24-27,31-35,41,44,69-71,76H,5-8,11-12,15-19,23,28-30,36-40,42-43,45-68H2,1-4H3,(H,81,82)(H,83,84)/b13-9-,14-10-,24-20-,25-21-,26-22-,31-27-,34-32-,35-33-,44-41-. The van der Waals surface area contributed by atoms with Gasteiger partial charge in [0, 0.05) is 25.7 Å². The van der Waals surface area contributed by atoms with Crippen LogP contribution in [0.3, 0.4) is 0 Å². The maximum absolute atomic E-state index is 13.0. The Morgan fingerprint density at radius 2 is 0.564 bits per heavy atom. The molecule has 0 saturated carbocycles. The van der Waals surface area contributed by atoms with E-state index in [1.165, 1.54) is 38.5 Å². The minimum Gasteiger partial charge on any atom is -0.462 e. The Bertz CT molecular complexity index is 2220. The molecular weight excluding hydrogens is 1230 g/mol. The number of phosphoric acid groups is 2. The molecule has 0 spiro atoms. The van der Waals surface area contributed by atoms with E-state index >= 15 is 0 Å². The van der Waals surface area contributed by atoms with Crippen LogP contribution in [0, 0.1) is 0 Å². The van der Waals surface area contributed by atoms with Gasteiger partial charge in [-0.3, -0.25) is 37.3 Å². The highest BCUT2D eigenvalue weighted by Gasteiger charge is 2.30. The third-order valence-corrected chi connectivity index (χ3v) is 16.6. The zero-order chi connectivity index (χ0) is 69.0. The lowest BCUT2D eigenvalue weighted by molar-refractivity contribution is -0.161. The molecule has 0 heterocycles. The van der Waals surface area contributed by atoms with Gasteiger partial charge in [0.1, 0.15) is 19.3 Å². The first-order chi connectivity index (χ1) is 45.7. The van der Waals surface area contributed by atoms with Gasteiger partial charge in [-0.25, -0.2) is 9.13 Å². The van der Waals surface area contributed by atoms with Crippen LogP contribution in [0.4, 0.5) is 0 Å². The van der Waals surface area contributed by atoms with E-state index in [-0.39, 0.29) is 25.7 Å². The second-order valence-corrected chi connectivity index (χ2v) is 26.7. The third-order valence-electron chi connectivity index (χ3n) is 14.7. The van der Waals surface area contributed by atoms with Gasteiger partial charge in [-0.05, 0) is 141 Å². The van der Waals surface area contributed by atoms with Crippen molar-refractivity contribution in [2.45, 2.75) is 303 Å². The molecule has 0 aromatic heterocycles. The lowest BCUT2D eigenvalue weighted by Crippen LogP contribution is -2.30. The molecule has 0 aromatic carbocycles. The maximum Gasteiger partial charge on any atom is 0.472 e. The summed E-state index contributed by atoms with van der Waals surface area (Å²) >= 11 is 0. The highest BCUT2D eigenvalue weighted by atomic mass is 31.2. The van der Waals surface area contributed by atoms with Gasteiger partial charge in [0.2, 0.25) is 0 Å². The Kier molecular flexibility index (Phi) is 64.2. The second-order valence-electron chi connectivity index (χ2n) is 23.8. The van der Waals surface area contributed by atoms with Crippen molar-refractivity contribution >= 4 is 39.5 Å². The van der Waals surface area contributed by atoms with Gasteiger partial charge in [0.25, 0.3) is 0 Å². The molecule has 0 bridgehead atoms. The average molecular weight is 1360 g/mol. The Balaban J connectivity index is 5.39. The molecule has 5 unspecified atom stereocenters. The fourth-order valence-corrected chi connectivity index (χ4v) is 10.8. The molecule has 0 aliphatic carbocycles. The van der Waals surface area contributed by atoms with E-state index in [0.29, 0.717) is 25.7 Å². The molecule has 3 N–H and O–H groups in total. The van der Waals surface area contributed by atoms with Gasteiger partial charge in [-0.15, -0.1) is 0 Å². The van der Waals surface area contributed by atoms with E-state index in [1.54, 1.807) is 0 Å². The number of unbranched alkanes of at least 4 members (excludes halogenated alkanes) is 23. The van der Waals surface area contributed by atoms with Gasteiger partial charge < -0.3 is 33.8 Å².